The Morgan fingerprint density at radius 2 is 1.95 bits per heavy atom. The van der Waals surface area contributed by atoms with Gasteiger partial charge in [-0.25, -0.2) is 0 Å². The Morgan fingerprint density at radius 3 is 2.68 bits per heavy atom. The molecule has 1 aromatic carbocycles. The molecule has 3 rings (SSSR count). The van der Waals surface area contributed by atoms with Crippen LogP contribution in [0.1, 0.15) is 54.9 Å². The molecule has 19 heavy (non-hydrogen) atoms. The van der Waals surface area contributed by atoms with Crippen LogP contribution in [0.3, 0.4) is 0 Å². The zero-order valence-electron chi connectivity index (χ0n) is 11.0. The molecule has 0 radical (unpaired) electrons. The highest BCUT2D eigenvalue weighted by atomic mass is 16.5. The molecule has 1 aliphatic rings. The normalized spacial score (nSPS) is 17.7. The van der Waals surface area contributed by atoms with Gasteiger partial charge in [-0.05, 0) is 24.8 Å². The summed E-state index contributed by atoms with van der Waals surface area (Å²) in [4.78, 5) is 4.49. The second-order valence-electron chi connectivity index (χ2n) is 5.27. The summed E-state index contributed by atoms with van der Waals surface area (Å²) in [5.41, 5.74) is 7.33. The number of nitrogens with zero attached hydrogens (tertiary/aromatic N) is 2. The quantitative estimate of drug-likeness (QED) is 0.914. The van der Waals surface area contributed by atoms with Crippen molar-refractivity contribution in [2.24, 2.45) is 5.73 Å². The van der Waals surface area contributed by atoms with Crippen LogP contribution < -0.4 is 5.73 Å². The molecular formula is C15H19N3O. The molecule has 1 aromatic heterocycles. The van der Waals surface area contributed by atoms with Gasteiger partial charge >= 0.3 is 0 Å². The minimum Gasteiger partial charge on any atom is -0.338 e. The van der Waals surface area contributed by atoms with E-state index in [9.17, 15) is 0 Å². The molecule has 0 saturated heterocycles. The van der Waals surface area contributed by atoms with E-state index in [0.29, 0.717) is 11.8 Å². The van der Waals surface area contributed by atoms with Crippen molar-refractivity contribution in [2.75, 3.05) is 0 Å². The van der Waals surface area contributed by atoms with Gasteiger partial charge in [0.1, 0.15) is 0 Å². The van der Waals surface area contributed by atoms with Crippen LogP contribution in [0.25, 0.3) is 0 Å². The van der Waals surface area contributed by atoms with Gasteiger partial charge in [0.2, 0.25) is 5.89 Å². The third-order valence-electron chi connectivity index (χ3n) is 3.79. The Kier molecular flexibility index (Phi) is 3.60. The maximum absolute atomic E-state index is 6.14. The van der Waals surface area contributed by atoms with Crippen molar-refractivity contribution in [3.63, 3.8) is 0 Å². The van der Waals surface area contributed by atoms with Gasteiger partial charge in [-0.3, -0.25) is 0 Å². The molecular weight excluding hydrogens is 238 g/mol. The van der Waals surface area contributed by atoms with E-state index in [0.717, 1.165) is 12.2 Å². The van der Waals surface area contributed by atoms with Gasteiger partial charge in [-0.15, -0.1) is 0 Å². The molecule has 4 heteroatoms. The number of hydrogen-bond donors (Lipinski definition) is 1. The van der Waals surface area contributed by atoms with Crippen molar-refractivity contribution < 1.29 is 4.52 Å². The highest BCUT2D eigenvalue weighted by Crippen LogP contribution is 2.32. The molecule has 2 N–H and O–H groups in total. The van der Waals surface area contributed by atoms with Crippen LogP contribution in [0.4, 0.5) is 0 Å². The summed E-state index contributed by atoms with van der Waals surface area (Å²) in [7, 11) is 0. The first-order chi connectivity index (χ1) is 9.33. The third-order valence-corrected chi connectivity index (χ3v) is 3.79. The largest absolute Gasteiger partial charge is 0.338 e. The van der Waals surface area contributed by atoms with Crippen LogP contribution in [0.2, 0.25) is 0 Å². The average Bonchev–Trinajstić information content (AvgIpc) is 3.11. The highest BCUT2D eigenvalue weighted by Gasteiger charge is 2.24. The van der Waals surface area contributed by atoms with E-state index in [1.165, 1.54) is 31.2 Å². The molecule has 0 bridgehead atoms. The number of aromatic nitrogens is 2. The first kappa shape index (κ1) is 12.4. The molecule has 1 heterocycles. The molecule has 1 fully saturated rings. The minimum absolute atomic E-state index is 0.218. The molecule has 1 saturated carbocycles. The van der Waals surface area contributed by atoms with Crippen LogP contribution >= 0.6 is 0 Å². The molecule has 0 aliphatic heterocycles. The zero-order valence-corrected chi connectivity index (χ0v) is 11.0. The van der Waals surface area contributed by atoms with Gasteiger partial charge in [0.15, 0.2) is 5.82 Å². The summed E-state index contributed by atoms with van der Waals surface area (Å²) >= 11 is 0. The van der Waals surface area contributed by atoms with Crippen molar-refractivity contribution in [2.45, 2.75) is 44.1 Å². The topological polar surface area (TPSA) is 64.9 Å². The van der Waals surface area contributed by atoms with E-state index in [1.54, 1.807) is 0 Å². The van der Waals surface area contributed by atoms with Crippen LogP contribution in [0, 0.1) is 0 Å². The summed E-state index contributed by atoms with van der Waals surface area (Å²) in [5, 5.41) is 4.09. The Labute approximate surface area is 113 Å². The first-order valence-corrected chi connectivity index (χ1v) is 6.96. The maximum Gasteiger partial charge on any atom is 0.243 e. The van der Waals surface area contributed by atoms with E-state index in [1.807, 2.05) is 18.2 Å². The summed E-state index contributed by atoms with van der Waals surface area (Å²) < 4.78 is 5.32. The summed E-state index contributed by atoms with van der Waals surface area (Å²) in [5.74, 6) is 1.88. The second kappa shape index (κ2) is 5.53. The smallest absolute Gasteiger partial charge is 0.243 e. The monoisotopic (exact) mass is 257 g/mol. The van der Waals surface area contributed by atoms with E-state index < -0.39 is 0 Å². The van der Waals surface area contributed by atoms with Gasteiger partial charge in [0, 0.05) is 5.92 Å². The van der Waals surface area contributed by atoms with Crippen molar-refractivity contribution in [1.82, 2.24) is 10.1 Å². The maximum atomic E-state index is 6.14. The second-order valence-corrected chi connectivity index (χ2v) is 5.27. The van der Waals surface area contributed by atoms with Crippen molar-refractivity contribution in [3.05, 3.63) is 47.6 Å². The minimum atomic E-state index is -0.218. The van der Waals surface area contributed by atoms with Gasteiger partial charge in [0.25, 0.3) is 0 Å². The summed E-state index contributed by atoms with van der Waals surface area (Å²) in [6.45, 7) is 0. The third kappa shape index (κ3) is 2.84. The molecule has 1 atom stereocenters. The van der Waals surface area contributed by atoms with Gasteiger partial charge in [-0.2, -0.15) is 4.98 Å². The molecule has 0 unspecified atom stereocenters. The molecule has 0 spiro atoms. The fourth-order valence-electron chi connectivity index (χ4n) is 2.70. The lowest BCUT2D eigenvalue weighted by molar-refractivity contribution is 0.347. The van der Waals surface area contributed by atoms with E-state index in [-0.39, 0.29) is 6.04 Å². The Balaban J connectivity index is 1.68. The zero-order chi connectivity index (χ0) is 13.1. The number of hydrogen-bond acceptors (Lipinski definition) is 4. The van der Waals surface area contributed by atoms with Crippen LogP contribution in [0.5, 0.6) is 0 Å². The Hall–Kier alpha value is -1.68. The van der Waals surface area contributed by atoms with Crippen LogP contribution in [0.15, 0.2) is 34.9 Å². The summed E-state index contributed by atoms with van der Waals surface area (Å²) in [6, 6.07) is 9.94. The molecule has 4 nitrogen and oxygen atoms in total. The molecule has 0 amide bonds. The Bertz CT molecular complexity index is 517. The van der Waals surface area contributed by atoms with E-state index >= 15 is 0 Å². The molecule has 1 aliphatic carbocycles. The van der Waals surface area contributed by atoms with E-state index in [4.69, 9.17) is 10.3 Å². The average molecular weight is 257 g/mol. The lowest BCUT2D eigenvalue weighted by atomic mass is 10.1. The Morgan fingerprint density at radius 1 is 1.21 bits per heavy atom. The highest BCUT2D eigenvalue weighted by molar-refractivity contribution is 5.16. The SMILES string of the molecule is N[C@H](Cc1ccccc1)c1nc(C2CCCC2)no1. The fraction of sp³-hybridized carbons (Fsp3) is 0.467. The molecule has 100 valence electrons. The van der Waals surface area contributed by atoms with Crippen molar-refractivity contribution in [1.29, 1.82) is 0 Å². The van der Waals surface area contributed by atoms with Gasteiger partial charge in [0.05, 0.1) is 6.04 Å². The number of rotatable bonds is 4. The van der Waals surface area contributed by atoms with Crippen LogP contribution in [-0.4, -0.2) is 10.1 Å². The lowest BCUT2D eigenvalue weighted by Crippen LogP contribution is -2.14. The van der Waals surface area contributed by atoms with Gasteiger partial charge in [-0.1, -0.05) is 48.3 Å². The summed E-state index contributed by atoms with van der Waals surface area (Å²) in [6.07, 6.45) is 5.61. The lowest BCUT2D eigenvalue weighted by Gasteiger charge is -2.06. The van der Waals surface area contributed by atoms with Crippen molar-refractivity contribution in [3.8, 4) is 0 Å². The predicted molar refractivity (Wildman–Crippen MR) is 72.6 cm³/mol. The standard InChI is InChI=1S/C15H19N3O/c16-13(10-11-6-2-1-3-7-11)15-17-14(18-19-15)12-8-4-5-9-12/h1-3,6-7,12-13H,4-5,8-10,16H2/t13-/m1/s1. The first-order valence-electron chi connectivity index (χ1n) is 6.96. The molecule has 2 aromatic rings. The van der Waals surface area contributed by atoms with E-state index in [2.05, 4.69) is 22.3 Å². The van der Waals surface area contributed by atoms with Crippen LogP contribution in [-0.2, 0) is 6.42 Å². The predicted octanol–water partition coefficient (Wildman–Crippen LogP) is 2.97. The van der Waals surface area contributed by atoms with Gasteiger partial charge < -0.3 is 10.3 Å². The number of nitrogens with two attached hydrogens (primary N) is 1. The van der Waals surface area contributed by atoms with Crippen molar-refractivity contribution >= 4 is 0 Å². The number of benzene rings is 1. The fourth-order valence-corrected chi connectivity index (χ4v) is 2.70.